The molecule has 0 aliphatic carbocycles. The first-order chi connectivity index (χ1) is 10.2. The van der Waals surface area contributed by atoms with E-state index in [1.807, 2.05) is 0 Å². The average Bonchev–Trinajstić information content (AvgIpc) is 2.84. The third-order valence-electron chi connectivity index (χ3n) is 3.50. The molecule has 1 aliphatic rings. The van der Waals surface area contributed by atoms with E-state index in [9.17, 15) is 18.0 Å². The second kappa shape index (κ2) is 7.19. The number of rotatable bonds is 4. The van der Waals surface area contributed by atoms with Gasteiger partial charge in [-0.3, -0.25) is 9.69 Å². The number of benzene rings is 1. The number of alkyl halides is 3. The predicted octanol–water partition coefficient (Wildman–Crippen LogP) is 3.72. The molecule has 0 spiro atoms. The SMILES string of the molecule is O=C(NCC1CCN(CC(F)(F)F)C1)c1cc(Br)ccc1Cl. The zero-order valence-corrected chi connectivity index (χ0v) is 13.9. The lowest BCUT2D eigenvalue weighted by Crippen LogP contribution is -2.34. The Morgan fingerprint density at radius 3 is 2.86 bits per heavy atom. The summed E-state index contributed by atoms with van der Waals surface area (Å²) >= 11 is 9.23. The number of nitrogens with zero attached hydrogens (tertiary/aromatic N) is 1. The molecule has 0 bridgehead atoms. The molecule has 1 saturated heterocycles. The van der Waals surface area contributed by atoms with Crippen molar-refractivity contribution < 1.29 is 18.0 Å². The summed E-state index contributed by atoms with van der Waals surface area (Å²) in [6, 6.07) is 4.95. The minimum atomic E-state index is -4.18. The molecule has 1 atom stereocenters. The van der Waals surface area contributed by atoms with E-state index >= 15 is 0 Å². The zero-order chi connectivity index (χ0) is 16.3. The van der Waals surface area contributed by atoms with Gasteiger partial charge in [0.15, 0.2) is 0 Å². The lowest BCUT2D eigenvalue weighted by Gasteiger charge is -2.18. The number of likely N-dealkylation sites (tertiary alicyclic amines) is 1. The highest BCUT2D eigenvalue weighted by Crippen LogP contribution is 2.23. The normalized spacial score (nSPS) is 19.4. The summed E-state index contributed by atoms with van der Waals surface area (Å²) in [6.45, 7) is 0.189. The van der Waals surface area contributed by atoms with Gasteiger partial charge in [-0.1, -0.05) is 27.5 Å². The van der Waals surface area contributed by atoms with Crippen LogP contribution in [-0.4, -0.2) is 43.2 Å². The molecule has 2 rings (SSSR count). The van der Waals surface area contributed by atoms with E-state index in [1.54, 1.807) is 18.2 Å². The molecule has 1 aliphatic heterocycles. The van der Waals surface area contributed by atoms with Crippen LogP contribution in [0.1, 0.15) is 16.8 Å². The molecule has 1 heterocycles. The first-order valence-electron chi connectivity index (χ1n) is 6.77. The summed E-state index contributed by atoms with van der Waals surface area (Å²) in [5.41, 5.74) is 0.348. The molecule has 1 amide bonds. The van der Waals surface area contributed by atoms with Gasteiger partial charge in [-0.05, 0) is 37.1 Å². The van der Waals surface area contributed by atoms with Crippen molar-refractivity contribution in [3.63, 3.8) is 0 Å². The van der Waals surface area contributed by atoms with Crippen LogP contribution in [0.5, 0.6) is 0 Å². The summed E-state index contributed by atoms with van der Waals surface area (Å²) < 4.78 is 37.7. The van der Waals surface area contributed by atoms with Crippen LogP contribution in [0.3, 0.4) is 0 Å². The van der Waals surface area contributed by atoms with Crippen LogP contribution in [0.25, 0.3) is 0 Å². The van der Waals surface area contributed by atoms with E-state index < -0.39 is 12.7 Å². The van der Waals surface area contributed by atoms with Gasteiger partial charge in [0.2, 0.25) is 0 Å². The van der Waals surface area contributed by atoms with Gasteiger partial charge in [0.25, 0.3) is 5.91 Å². The third kappa shape index (κ3) is 5.14. The third-order valence-corrected chi connectivity index (χ3v) is 4.32. The molecule has 1 aromatic carbocycles. The molecule has 1 unspecified atom stereocenters. The summed E-state index contributed by atoms with van der Waals surface area (Å²) in [7, 11) is 0. The molecular weight excluding hydrogens is 385 g/mol. The van der Waals surface area contributed by atoms with Crippen molar-refractivity contribution in [2.24, 2.45) is 5.92 Å². The van der Waals surface area contributed by atoms with E-state index in [4.69, 9.17) is 11.6 Å². The van der Waals surface area contributed by atoms with E-state index in [0.29, 0.717) is 36.6 Å². The molecule has 1 fully saturated rings. The van der Waals surface area contributed by atoms with Crippen LogP contribution in [0.2, 0.25) is 5.02 Å². The maximum atomic E-state index is 12.3. The molecule has 22 heavy (non-hydrogen) atoms. The molecule has 0 aromatic heterocycles. The Morgan fingerprint density at radius 1 is 1.45 bits per heavy atom. The standard InChI is InChI=1S/C14H15BrClF3N2O/c15-10-1-2-12(16)11(5-10)13(22)20-6-9-3-4-21(7-9)8-14(17,18)19/h1-2,5,9H,3-4,6-8H2,(H,20,22). The Labute approximate surface area is 139 Å². The number of hydrogen-bond donors (Lipinski definition) is 1. The maximum Gasteiger partial charge on any atom is 0.401 e. The van der Waals surface area contributed by atoms with Crippen molar-refractivity contribution in [3.8, 4) is 0 Å². The van der Waals surface area contributed by atoms with Gasteiger partial charge < -0.3 is 5.32 Å². The summed E-state index contributed by atoms with van der Waals surface area (Å²) in [4.78, 5) is 13.4. The number of amides is 1. The summed E-state index contributed by atoms with van der Waals surface area (Å²) in [5, 5.41) is 3.08. The van der Waals surface area contributed by atoms with Crippen LogP contribution >= 0.6 is 27.5 Å². The molecule has 122 valence electrons. The van der Waals surface area contributed by atoms with Gasteiger partial charge in [0, 0.05) is 17.6 Å². The first kappa shape index (κ1) is 17.6. The molecular formula is C14H15BrClF3N2O. The summed E-state index contributed by atoms with van der Waals surface area (Å²) in [6.07, 6.45) is -3.54. The zero-order valence-electron chi connectivity index (χ0n) is 11.6. The van der Waals surface area contributed by atoms with E-state index in [1.165, 1.54) is 4.90 Å². The number of halogens is 5. The van der Waals surface area contributed by atoms with Gasteiger partial charge in [-0.15, -0.1) is 0 Å². The quantitative estimate of drug-likeness (QED) is 0.837. The topological polar surface area (TPSA) is 32.3 Å². The van der Waals surface area contributed by atoms with Crippen LogP contribution in [0.15, 0.2) is 22.7 Å². The Kier molecular flexibility index (Phi) is 5.74. The molecule has 0 saturated carbocycles. The highest BCUT2D eigenvalue weighted by Gasteiger charge is 2.34. The van der Waals surface area contributed by atoms with E-state index in [2.05, 4.69) is 21.2 Å². The number of nitrogens with one attached hydrogen (secondary N) is 1. The van der Waals surface area contributed by atoms with Crippen molar-refractivity contribution in [1.29, 1.82) is 0 Å². The lowest BCUT2D eigenvalue weighted by atomic mass is 10.1. The van der Waals surface area contributed by atoms with Crippen molar-refractivity contribution >= 4 is 33.4 Å². The van der Waals surface area contributed by atoms with Crippen LogP contribution in [0, 0.1) is 5.92 Å². The van der Waals surface area contributed by atoms with Crippen LogP contribution < -0.4 is 5.32 Å². The number of hydrogen-bond acceptors (Lipinski definition) is 2. The van der Waals surface area contributed by atoms with Gasteiger partial charge in [-0.25, -0.2) is 0 Å². The smallest absolute Gasteiger partial charge is 0.352 e. The monoisotopic (exact) mass is 398 g/mol. The van der Waals surface area contributed by atoms with Gasteiger partial charge in [-0.2, -0.15) is 13.2 Å². The largest absolute Gasteiger partial charge is 0.401 e. The fourth-order valence-electron chi connectivity index (χ4n) is 2.48. The fraction of sp³-hybridized carbons (Fsp3) is 0.500. The first-order valence-corrected chi connectivity index (χ1v) is 7.94. The summed E-state index contributed by atoms with van der Waals surface area (Å²) in [5.74, 6) is -0.294. The maximum absolute atomic E-state index is 12.3. The Bertz CT molecular complexity index is 553. The highest BCUT2D eigenvalue weighted by molar-refractivity contribution is 9.10. The van der Waals surface area contributed by atoms with E-state index in [-0.39, 0.29) is 11.8 Å². The van der Waals surface area contributed by atoms with Crippen molar-refractivity contribution in [2.45, 2.75) is 12.6 Å². The molecule has 1 N–H and O–H groups in total. The number of carbonyl (C=O) groups is 1. The van der Waals surface area contributed by atoms with Gasteiger partial charge in [0.1, 0.15) is 0 Å². The van der Waals surface area contributed by atoms with E-state index in [0.717, 1.165) is 4.47 Å². The Balaban J connectivity index is 1.84. The minimum absolute atomic E-state index is 0.0252. The predicted molar refractivity (Wildman–Crippen MR) is 82.1 cm³/mol. The average molecular weight is 400 g/mol. The molecule has 8 heteroatoms. The van der Waals surface area contributed by atoms with Gasteiger partial charge in [0.05, 0.1) is 17.1 Å². The second-order valence-electron chi connectivity index (χ2n) is 5.34. The second-order valence-corrected chi connectivity index (χ2v) is 6.66. The van der Waals surface area contributed by atoms with Crippen molar-refractivity contribution in [2.75, 3.05) is 26.2 Å². The highest BCUT2D eigenvalue weighted by atomic mass is 79.9. The Hall–Kier alpha value is -0.790. The molecule has 0 radical (unpaired) electrons. The van der Waals surface area contributed by atoms with Crippen LogP contribution in [-0.2, 0) is 0 Å². The van der Waals surface area contributed by atoms with Crippen molar-refractivity contribution in [1.82, 2.24) is 10.2 Å². The molecule has 1 aromatic rings. The van der Waals surface area contributed by atoms with Gasteiger partial charge >= 0.3 is 6.18 Å². The Morgan fingerprint density at radius 2 is 2.18 bits per heavy atom. The fourth-order valence-corrected chi connectivity index (χ4v) is 3.04. The van der Waals surface area contributed by atoms with Crippen LogP contribution in [0.4, 0.5) is 13.2 Å². The molecule has 3 nitrogen and oxygen atoms in total. The minimum Gasteiger partial charge on any atom is -0.352 e. The number of carbonyl (C=O) groups excluding carboxylic acids is 1. The lowest BCUT2D eigenvalue weighted by molar-refractivity contribution is -0.143. The van der Waals surface area contributed by atoms with Crippen molar-refractivity contribution in [3.05, 3.63) is 33.3 Å².